The van der Waals surface area contributed by atoms with Crippen molar-refractivity contribution < 1.29 is 9.90 Å². The van der Waals surface area contributed by atoms with Crippen molar-refractivity contribution in [3.05, 3.63) is 0 Å². The molecule has 0 atom stereocenters. The van der Waals surface area contributed by atoms with Crippen molar-refractivity contribution in [1.29, 1.82) is 0 Å². The first kappa shape index (κ1) is 14.5. The van der Waals surface area contributed by atoms with Gasteiger partial charge in [0.15, 0.2) is 0 Å². The van der Waals surface area contributed by atoms with Gasteiger partial charge < -0.3 is 5.11 Å². The number of hydrogen-bond acceptors (Lipinski definition) is 1. The van der Waals surface area contributed by atoms with Crippen molar-refractivity contribution >= 4 is 5.97 Å². The van der Waals surface area contributed by atoms with Crippen molar-refractivity contribution in [2.45, 2.75) is 52.9 Å². The Hall–Kier alpha value is -0.970. The van der Waals surface area contributed by atoms with Crippen LogP contribution in [0.1, 0.15) is 52.9 Å². The van der Waals surface area contributed by atoms with Gasteiger partial charge in [-0.1, -0.05) is 46.0 Å². The lowest BCUT2D eigenvalue weighted by atomic mass is 10.2. The molecule has 1 N–H and O–H groups in total. The summed E-state index contributed by atoms with van der Waals surface area (Å²) in [6, 6.07) is 0. The van der Waals surface area contributed by atoms with Gasteiger partial charge in [-0.05, 0) is 6.42 Å². The summed E-state index contributed by atoms with van der Waals surface area (Å²) in [6.45, 7) is 6.14. The fraction of sp³-hybridized carbons (Fsp3) is 0.727. The Morgan fingerprint density at radius 1 is 1.23 bits per heavy atom. The quantitative estimate of drug-likeness (QED) is 0.538. The lowest BCUT2D eigenvalue weighted by molar-refractivity contribution is -0.130. The molecule has 0 aliphatic carbocycles. The molecule has 0 fully saturated rings. The van der Waals surface area contributed by atoms with Crippen LogP contribution in [0.25, 0.3) is 0 Å². The summed E-state index contributed by atoms with van der Waals surface area (Å²) in [5, 5.41) is 8.14. The Bertz CT molecular complexity index is 163. The second-order valence-electron chi connectivity index (χ2n) is 2.42. The van der Waals surface area contributed by atoms with Gasteiger partial charge in [0, 0.05) is 12.3 Å². The van der Waals surface area contributed by atoms with Crippen LogP contribution in [-0.2, 0) is 4.79 Å². The zero-order chi connectivity index (χ0) is 10.5. The minimum absolute atomic E-state index is 0.715. The van der Waals surface area contributed by atoms with Gasteiger partial charge in [-0.15, -0.1) is 0 Å². The van der Waals surface area contributed by atoms with Crippen molar-refractivity contribution in [2.75, 3.05) is 0 Å². The average molecular weight is 184 g/mol. The minimum atomic E-state index is -1.03. The van der Waals surface area contributed by atoms with Gasteiger partial charge in [0.25, 0.3) is 0 Å². The third-order valence-corrected chi connectivity index (χ3v) is 1.35. The maximum Gasteiger partial charge on any atom is 0.381 e. The zero-order valence-electron chi connectivity index (χ0n) is 8.89. The normalized spacial score (nSPS) is 7.62. The molecule has 0 rings (SSSR count). The molecule has 2 nitrogen and oxygen atoms in total. The number of carboxylic acids is 1. The van der Waals surface area contributed by atoms with E-state index in [1.165, 1.54) is 12.8 Å². The lowest BCUT2D eigenvalue weighted by Crippen LogP contribution is -1.86. The summed E-state index contributed by atoms with van der Waals surface area (Å²) >= 11 is 0. The van der Waals surface area contributed by atoms with Crippen LogP contribution in [0.5, 0.6) is 0 Å². The van der Waals surface area contributed by atoms with E-state index in [9.17, 15) is 4.79 Å². The van der Waals surface area contributed by atoms with E-state index in [1.807, 2.05) is 13.8 Å². The van der Waals surface area contributed by atoms with E-state index < -0.39 is 5.97 Å². The molecule has 0 saturated heterocycles. The van der Waals surface area contributed by atoms with E-state index >= 15 is 0 Å². The highest BCUT2D eigenvalue weighted by atomic mass is 16.4. The molecule has 0 bridgehead atoms. The number of carboxylic acid groups (broad SMARTS) is 1. The molecular formula is C11H20O2. The number of unbranched alkanes of at least 4 members (excludes halogenated alkanes) is 4. The third-order valence-electron chi connectivity index (χ3n) is 1.35. The van der Waals surface area contributed by atoms with Crippen molar-refractivity contribution in [3.8, 4) is 11.8 Å². The summed E-state index contributed by atoms with van der Waals surface area (Å²) in [5.74, 6) is 3.66. The van der Waals surface area contributed by atoms with Crippen molar-refractivity contribution in [1.82, 2.24) is 0 Å². The molecule has 2 heteroatoms. The van der Waals surface area contributed by atoms with Gasteiger partial charge in [0.05, 0.1) is 0 Å². The number of rotatable bonds is 4. The summed E-state index contributed by atoms with van der Waals surface area (Å²) in [7, 11) is 0. The summed E-state index contributed by atoms with van der Waals surface area (Å²) < 4.78 is 0. The molecule has 0 aromatic heterocycles. The van der Waals surface area contributed by atoms with E-state index in [-0.39, 0.29) is 0 Å². The fourth-order valence-corrected chi connectivity index (χ4v) is 0.778. The molecular weight excluding hydrogens is 164 g/mol. The maximum atomic E-state index is 9.91. The van der Waals surface area contributed by atoms with Crippen LogP contribution < -0.4 is 0 Å². The van der Waals surface area contributed by atoms with Crippen LogP contribution in [0.3, 0.4) is 0 Å². The van der Waals surface area contributed by atoms with Crippen LogP contribution in [0.4, 0.5) is 0 Å². The number of hydrogen-bond donors (Lipinski definition) is 1. The predicted molar refractivity (Wildman–Crippen MR) is 55.5 cm³/mol. The van der Waals surface area contributed by atoms with E-state index in [0.717, 1.165) is 12.8 Å². The van der Waals surface area contributed by atoms with Crippen LogP contribution in [0.2, 0.25) is 0 Å². The Kier molecular flexibility index (Phi) is 15.2. The highest BCUT2D eigenvalue weighted by molar-refractivity contribution is 5.86. The summed E-state index contributed by atoms with van der Waals surface area (Å²) in [5.41, 5.74) is 0. The van der Waals surface area contributed by atoms with Crippen LogP contribution in [0.15, 0.2) is 0 Å². The summed E-state index contributed by atoms with van der Waals surface area (Å²) in [6.07, 6.45) is 5.31. The van der Waals surface area contributed by atoms with E-state index in [2.05, 4.69) is 18.8 Å². The molecule has 0 aromatic rings. The molecule has 0 aliphatic rings. The molecule has 76 valence electrons. The molecule has 0 heterocycles. The minimum Gasteiger partial charge on any atom is -0.472 e. The summed E-state index contributed by atoms with van der Waals surface area (Å²) in [4.78, 5) is 9.91. The van der Waals surface area contributed by atoms with Crippen LogP contribution in [-0.4, -0.2) is 11.1 Å². The van der Waals surface area contributed by atoms with E-state index in [0.29, 0.717) is 6.42 Å². The molecule has 0 radical (unpaired) electrons. The topological polar surface area (TPSA) is 37.3 Å². The second kappa shape index (κ2) is 13.6. The Balaban J connectivity index is 0. The standard InChI is InChI=1S/C9H14O2.C2H6/c1-2-3-4-5-6-7-8-9(10)11;1-2/h2-6H2,1H3,(H,10,11);1-2H3. The van der Waals surface area contributed by atoms with Crippen molar-refractivity contribution in [2.24, 2.45) is 0 Å². The monoisotopic (exact) mass is 184 g/mol. The largest absolute Gasteiger partial charge is 0.472 e. The first-order chi connectivity index (χ1) is 6.27. The molecule has 0 spiro atoms. The molecule has 0 aromatic carbocycles. The smallest absolute Gasteiger partial charge is 0.381 e. The Morgan fingerprint density at radius 2 is 1.85 bits per heavy atom. The van der Waals surface area contributed by atoms with Crippen LogP contribution in [0, 0.1) is 11.8 Å². The molecule has 0 amide bonds. The maximum absolute atomic E-state index is 9.91. The predicted octanol–water partition coefficient (Wildman–Crippen LogP) is 3.07. The zero-order valence-corrected chi connectivity index (χ0v) is 8.89. The Labute approximate surface area is 81.3 Å². The van der Waals surface area contributed by atoms with Gasteiger partial charge in [-0.25, -0.2) is 4.79 Å². The van der Waals surface area contributed by atoms with Gasteiger partial charge in [-0.3, -0.25) is 0 Å². The number of carbonyl (C=O) groups is 1. The van der Waals surface area contributed by atoms with Crippen molar-refractivity contribution in [3.63, 3.8) is 0 Å². The fourth-order valence-electron chi connectivity index (χ4n) is 0.778. The number of aliphatic carboxylic acids is 1. The van der Waals surface area contributed by atoms with Crippen LogP contribution >= 0.6 is 0 Å². The van der Waals surface area contributed by atoms with Gasteiger partial charge in [0.1, 0.15) is 0 Å². The van der Waals surface area contributed by atoms with Gasteiger partial charge >= 0.3 is 5.97 Å². The lowest BCUT2D eigenvalue weighted by Gasteiger charge is -1.91. The van der Waals surface area contributed by atoms with E-state index in [4.69, 9.17) is 5.11 Å². The second-order valence-corrected chi connectivity index (χ2v) is 2.42. The highest BCUT2D eigenvalue weighted by Gasteiger charge is 1.85. The molecule has 0 saturated carbocycles. The van der Waals surface area contributed by atoms with Gasteiger partial charge in [-0.2, -0.15) is 0 Å². The Morgan fingerprint density at radius 3 is 2.31 bits per heavy atom. The molecule has 13 heavy (non-hydrogen) atoms. The molecule has 0 aliphatic heterocycles. The SMILES string of the molecule is CC.CCCCCCC#CC(=O)O. The first-order valence-corrected chi connectivity index (χ1v) is 4.99. The van der Waals surface area contributed by atoms with Gasteiger partial charge in [0.2, 0.25) is 0 Å². The highest BCUT2D eigenvalue weighted by Crippen LogP contribution is 2.00. The third kappa shape index (κ3) is 18.2. The van der Waals surface area contributed by atoms with E-state index in [1.54, 1.807) is 0 Å². The average Bonchev–Trinajstić information content (AvgIpc) is 2.14. The molecule has 0 unspecified atom stereocenters. The first-order valence-electron chi connectivity index (χ1n) is 4.99.